The molecule has 0 saturated carbocycles. The van der Waals surface area contributed by atoms with Crippen LogP contribution < -0.4 is 10.2 Å². The van der Waals surface area contributed by atoms with Crippen LogP contribution in [0.5, 0.6) is 0 Å². The lowest BCUT2D eigenvalue weighted by Gasteiger charge is -2.21. The minimum atomic E-state index is -0.299. The van der Waals surface area contributed by atoms with Gasteiger partial charge in [-0.15, -0.1) is 0 Å². The number of carbonyl (C=O) groups is 1. The molecule has 1 heterocycles. The maximum Gasteiger partial charge on any atom is 0.270 e. The predicted molar refractivity (Wildman–Crippen MR) is 108 cm³/mol. The van der Waals surface area contributed by atoms with E-state index in [0.717, 1.165) is 5.69 Å². The van der Waals surface area contributed by atoms with Gasteiger partial charge in [-0.2, -0.15) is 0 Å². The van der Waals surface area contributed by atoms with Crippen molar-refractivity contribution < 1.29 is 9.18 Å². The molecule has 0 aliphatic heterocycles. The number of benzene rings is 2. The smallest absolute Gasteiger partial charge is 0.270 e. The Bertz CT molecular complexity index is 946. The fraction of sp³-hybridized carbons (Fsp3) is 0.227. The van der Waals surface area contributed by atoms with Crippen LogP contribution in [0.4, 0.5) is 16.0 Å². The van der Waals surface area contributed by atoms with E-state index in [-0.39, 0.29) is 11.7 Å². The number of hydrogen-bond donors (Lipinski definition) is 1. The second kappa shape index (κ2) is 9.08. The van der Waals surface area contributed by atoms with Gasteiger partial charge in [-0.1, -0.05) is 36.4 Å². The molecule has 3 aromatic rings. The van der Waals surface area contributed by atoms with Gasteiger partial charge in [0.1, 0.15) is 11.5 Å². The lowest BCUT2D eigenvalue weighted by atomic mass is 10.1. The van der Waals surface area contributed by atoms with Crippen molar-refractivity contribution in [3.8, 4) is 0 Å². The van der Waals surface area contributed by atoms with E-state index in [1.54, 1.807) is 24.3 Å². The van der Waals surface area contributed by atoms with E-state index in [1.165, 1.54) is 6.07 Å². The number of aromatic nitrogens is 2. The third-order valence-electron chi connectivity index (χ3n) is 4.34. The quantitative estimate of drug-likeness (QED) is 0.674. The number of halogens is 1. The average Bonchev–Trinajstić information content (AvgIpc) is 2.70. The van der Waals surface area contributed by atoms with Crippen LogP contribution >= 0.6 is 0 Å². The Hall–Kier alpha value is -3.28. The second-order valence-electron chi connectivity index (χ2n) is 6.37. The Labute approximate surface area is 164 Å². The lowest BCUT2D eigenvalue weighted by molar-refractivity contribution is 0.0949. The van der Waals surface area contributed by atoms with Gasteiger partial charge in [0.2, 0.25) is 5.95 Å². The van der Waals surface area contributed by atoms with Crippen LogP contribution in [-0.4, -0.2) is 29.0 Å². The highest BCUT2D eigenvalue weighted by molar-refractivity contribution is 5.92. The van der Waals surface area contributed by atoms with Gasteiger partial charge in [-0.05, 0) is 50.1 Å². The minimum absolute atomic E-state index is 0.265. The van der Waals surface area contributed by atoms with E-state index in [2.05, 4.69) is 15.3 Å². The predicted octanol–water partition coefficient (Wildman–Crippen LogP) is 4.05. The van der Waals surface area contributed by atoms with Crippen LogP contribution in [0.1, 0.15) is 28.7 Å². The van der Waals surface area contributed by atoms with Crippen molar-refractivity contribution in [2.75, 3.05) is 18.0 Å². The molecule has 1 amide bonds. The third-order valence-corrected chi connectivity index (χ3v) is 4.34. The first kappa shape index (κ1) is 19.5. The van der Waals surface area contributed by atoms with Gasteiger partial charge in [0.15, 0.2) is 0 Å². The van der Waals surface area contributed by atoms with Crippen molar-refractivity contribution in [1.82, 2.24) is 15.3 Å². The van der Waals surface area contributed by atoms with E-state index < -0.39 is 0 Å². The summed E-state index contributed by atoms with van der Waals surface area (Å²) in [5, 5.41) is 2.81. The first-order valence-corrected chi connectivity index (χ1v) is 9.28. The summed E-state index contributed by atoms with van der Waals surface area (Å²) < 4.78 is 13.7. The number of nitrogens with one attached hydrogen (secondary N) is 1. The summed E-state index contributed by atoms with van der Waals surface area (Å²) in [5.74, 6) is -0.0847. The van der Waals surface area contributed by atoms with Crippen molar-refractivity contribution in [2.45, 2.75) is 20.3 Å². The maximum atomic E-state index is 13.7. The third kappa shape index (κ3) is 4.71. The average molecular weight is 378 g/mol. The van der Waals surface area contributed by atoms with Gasteiger partial charge >= 0.3 is 0 Å². The second-order valence-corrected chi connectivity index (χ2v) is 6.37. The molecule has 0 radical (unpaired) electrons. The number of para-hydroxylation sites is 1. The van der Waals surface area contributed by atoms with Gasteiger partial charge < -0.3 is 10.2 Å². The summed E-state index contributed by atoms with van der Waals surface area (Å²) in [6, 6.07) is 18.0. The SMILES string of the molecule is CCN(c1ccccc1)c1nc(C)cc(C(=O)NCCc2ccccc2F)n1. The molecule has 28 heavy (non-hydrogen) atoms. The van der Waals surface area contributed by atoms with E-state index in [0.29, 0.717) is 42.4 Å². The summed E-state index contributed by atoms with van der Waals surface area (Å²) in [7, 11) is 0. The number of carbonyl (C=O) groups excluding carboxylic acids is 1. The van der Waals surface area contributed by atoms with Crippen LogP contribution in [0, 0.1) is 12.7 Å². The molecule has 3 rings (SSSR count). The molecule has 0 aliphatic carbocycles. The molecular formula is C22H23FN4O. The first-order valence-electron chi connectivity index (χ1n) is 9.28. The first-order chi connectivity index (χ1) is 13.6. The number of nitrogens with zero attached hydrogens (tertiary/aromatic N) is 3. The molecule has 0 aliphatic rings. The van der Waals surface area contributed by atoms with Gasteiger partial charge in [-0.25, -0.2) is 14.4 Å². The molecule has 0 fully saturated rings. The topological polar surface area (TPSA) is 58.1 Å². The molecule has 0 atom stereocenters. The van der Waals surface area contributed by atoms with Gasteiger partial charge in [0, 0.05) is 24.5 Å². The molecule has 0 bridgehead atoms. The van der Waals surface area contributed by atoms with Crippen LogP contribution in [0.2, 0.25) is 0 Å². The number of rotatable bonds is 7. The fourth-order valence-electron chi connectivity index (χ4n) is 2.94. The van der Waals surface area contributed by atoms with Gasteiger partial charge in [-0.3, -0.25) is 4.79 Å². The zero-order valence-electron chi connectivity index (χ0n) is 16.0. The molecule has 0 saturated heterocycles. The number of hydrogen-bond acceptors (Lipinski definition) is 4. The molecule has 5 nitrogen and oxygen atoms in total. The molecular weight excluding hydrogens is 355 g/mol. The highest BCUT2D eigenvalue weighted by Gasteiger charge is 2.15. The fourth-order valence-corrected chi connectivity index (χ4v) is 2.94. The molecule has 0 spiro atoms. The molecule has 2 aromatic carbocycles. The zero-order chi connectivity index (χ0) is 19.9. The Kier molecular flexibility index (Phi) is 6.32. The Balaban J connectivity index is 1.73. The summed E-state index contributed by atoms with van der Waals surface area (Å²) in [4.78, 5) is 23.4. The van der Waals surface area contributed by atoms with Crippen molar-refractivity contribution in [3.63, 3.8) is 0 Å². The Morgan fingerprint density at radius 1 is 1.07 bits per heavy atom. The summed E-state index contributed by atoms with van der Waals surface area (Å²) in [5.41, 5.74) is 2.54. The molecule has 0 unspecified atom stereocenters. The monoisotopic (exact) mass is 378 g/mol. The van der Waals surface area contributed by atoms with E-state index >= 15 is 0 Å². The Morgan fingerprint density at radius 3 is 2.50 bits per heavy atom. The Morgan fingerprint density at radius 2 is 1.79 bits per heavy atom. The van der Waals surface area contributed by atoms with Crippen LogP contribution in [-0.2, 0) is 6.42 Å². The van der Waals surface area contributed by atoms with Gasteiger partial charge in [0.25, 0.3) is 5.91 Å². The van der Waals surface area contributed by atoms with Gasteiger partial charge in [0.05, 0.1) is 0 Å². The van der Waals surface area contributed by atoms with Crippen LogP contribution in [0.15, 0.2) is 60.7 Å². The molecule has 1 aromatic heterocycles. The highest BCUT2D eigenvalue weighted by atomic mass is 19.1. The van der Waals surface area contributed by atoms with Crippen molar-refractivity contribution in [3.05, 3.63) is 83.4 Å². The normalized spacial score (nSPS) is 10.5. The lowest BCUT2D eigenvalue weighted by Crippen LogP contribution is -2.28. The summed E-state index contributed by atoms with van der Waals surface area (Å²) >= 11 is 0. The largest absolute Gasteiger partial charge is 0.350 e. The van der Waals surface area contributed by atoms with Crippen LogP contribution in [0.3, 0.4) is 0 Å². The zero-order valence-corrected chi connectivity index (χ0v) is 16.0. The molecule has 1 N–H and O–H groups in total. The summed E-state index contributed by atoms with van der Waals surface area (Å²) in [6.07, 6.45) is 0.417. The van der Waals surface area contributed by atoms with Crippen molar-refractivity contribution in [2.24, 2.45) is 0 Å². The minimum Gasteiger partial charge on any atom is -0.350 e. The standard InChI is InChI=1S/C22H23FN4O/c1-3-27(18-10-5-4-6-11-18)22-25-16(2)15-20(26-22)21(28)24-14-13-17-9-7-8-12-19(17)23/h4-12,15H,3,13-14H2,1-2H3,(H,24,28). The maximum absolute atomic E-state index is 13.7. The summed E-state index contributed by atoms with van der Waals surface area (Å²) in [6.45, 7) is 4.84. The number of aryl methyl sites for hydroxylation is 1. The van der Waals surface area contributed by atoms with Crippen LogP contribution in [0.25, 0.3) is 0 Å². The molecule has 6 heteroatoms. The number of anilines is 2. The van der Waals surface area contributed by atoms with Crippen molar-refractivity contribution >= 4 is 17.5 Å². The van der Waals surface area contributed by atoms with E-state index in [9.17, 15) is 9.18 Å². The van der Waals surface area contributed by atoms with E-state index in [1.807, 2.05) is 49.1 Å². The van der Waals surface area contributed by atoms with E-state index in [4.69, 9.17) is 0 Å². The van der Waals surface area contributed by atoms with Crippen molar-refractivity contribution in [1.29, 1.82) is 0 Å². The molecule has 144 valence electrons. The highest BCUT2D eigenvalue weighted by Crippen LogP contribution is 2.22. The number of amides is 1.